The molecule has 19 heavy (non-hydrogen) atoms. The number of hydrogen-bond donors (Lipinski definition) is 2. The van der Waals surface area contributed by atoms with Gasteiger partial charge in [0.2, 0.25) is 0 Å². The van der Waals surface area contributed by atoms with Crippen molar-refractivity contribution in [3.05, 3.63) is 30.1 Å². The van der Waals surface area contributed by atoms with Crippen molar-refractivity contribution in [3.8, 4) is 0 Å². The number of nitrogens with one attached hydrogen (secondary N) is 2. The Morgan fingerprint density at radius 1 is 1.42 bits per heavy atom. The molecule has 0 bridgehead atoms. The number of fused-ring (bicyclic) bond motifs is 1. The van der Waals surface area contributed by atoms with Crippen LogP contribution >= 0.6 is 0 Å². The predicted molar refractivity (Wildman–Crippen MR) is 76.7 cm³/mol. The highest BCUT2D eigenvalue weighted by Gasteiger charge is 2.29. The largest absolute Gasteiger partial charge is 0.346 e. The fourth-order valence-corrected chi connectivity index (χ4v) is 2.15. The molecular weight excluding hydrogens is 262 g/mol. The van der Waals surface area contributed by atoms with Gasteiger partial charge in [0, 0.05) is 37.1 Å². The SMILES string of the molecule is CC(C)(CNCc1c[nH]c2ncccc12)S(C)(=O)=O. The summed E-state index contributed by atoms with van der Waals surface area (Å²) in [5.41, 5.74) is 1.94. The summed E-state index contributed by atoms with van der Waals surface area (Å²) in [7, 11) is -3.07. The summed E-state index contributed by atoms with van der Waals surface area (Å²) in [6.45, 7) is 4.49. The maximum Gasteiger partial charge on any atom is 0.153 e. The number of H-pyrrole nitrogens is 1. The Hall–Kier alpha value is -1.40. The van der Waals surface area contributed by atoms with E-state index in [0.717, 1.165) is 16.6 Å². The van der Waals surface area contributed by atoms with Crippen molar-refractivity contribution in [2.45, 2.75) is 25.1 Å². The van der Waals surface area contributed by atoms with E-state index in [0.29, 0.717) is 13.1 Å². The second-order valence-electron chi connectivity index (χ2n) is 5.35. The van der Waals surface area contributed by atoms with Gasteiger partial charge >= 0.3 is 0 Å². The lowest BCUT2D eigenvalue weighted by Gasteiger charge is -2.22. The molecule has 0 aliphatic carbocycles. The van der Waals surface area contributed by atoms with Crippen molar-refractivity contribution in [1.29, 1.82) is 0 Å². The smallest absolute Gasteiger partial charge is 0.153 e. The zero-order valence-electron chi connectivity index (χ0n) is 11.4. The van der Waals surface area contributed by atoms with Crippen LogP contribution in [0.15, 0.2) is 24.5 Å². The summed E-state index contributed by atoms with van der Waals surface area (Å²) < 4.78 is 22.4. The fraction of sp³-hybridized carbons (Fsp3) is 0.462. The van der Waals surface area contributed by atoms with E-state index in [1.165, 1.54) is 6.26 Å². The Kier molecular flexibility index (Phi) is 3.64. The second-order valence-corrected chi connectivity index (χ2v) is 8.00. The second kappa shape index (κ2) is 4.94. The first-order valence-corrected chi connectivity index (χ1v) is 8.02. The maximum absolute atomic E-state index is 11.6. The van der Waals surface area contributed by atoms with E-state index in [9.17, 15) is 8.42 Å². The van der Waals surface area contributed by atoms with E-state index in [4.69, 9.17) is 0 Å². The van der Waals surface area contributed by atoms with Crippen molar-refractivity contribution < 1.29 is 8.42 Å². The topological polar surface area (TPSA) is 74.8 Å². The molecule has 0 aromatic carbocycles. The molecule has 0 aliphatic heterocycles. The van der Waals surface area contributed by atoms with Crippen LogP contribution in [0.3, 0.4) is 0 Å². The van der Waals surface area contributed by atoms with Crippen LogP contribution in [0.25, 0.3) is 11.0 Å². The van der Waals surface area contributed by atoms with Gasteiger partial charge < -0.3 is 10.3 Å². The molecule has 0 saturated carbocycles. The first-order chi connectivity index (χ1) is 8.81. The Bertz CT molecular complexity index is 674. The van der Waals surface area contributed by atoms with Crippen molar-refractivity contribution >= 4 is 20.9 Å². The summed E-state index contributed by atoms with van der Waals surface area (Å²) in [4.78, 5) is 7.32. The summed E-state index contributed by atoms with van der Waals surface area (Å²) in [6.07, 6.45) is 4.91. The fourth-order valence-electron chi connectivity index (χ4n) is 1.79. The molecule has 2 N–H and O–H groups in total. The molecule has 0 saturated heterocycles. The van der Waals surface area contributed by atoms with Crippen LogP contribution in [-0.4, -0.2) is 35.9 Å². The number of aromatic nitrogens is 2. The van der Waals surface area contributed by atoms with Crippen LogP contribution in [0.1, 0.15) is 19.4 Å². The molecular formula is C13H19N3O2S. The molecule has 2 heterocycles. The lowest BCUT2D eigenvalue weighted by Crippen LogP contribution is -2.41. The first kappa shape index (κ1) is 14.0. The molecule has 2 aromatic heterocycles. The molecule has 6 heteroatoms. The van der Waals surface area contributed by atoms with E-state index >= 15 is 0 Å². The molecule has 2 aromatic rings. The molecule has 0 aliphatic rings. The van der Waals surface area contributed by atoms with E-state index in [1.807, 2.05) is 18.3 Å². The molecule has 2 rings (SSSR count). The van der Waals surface area contributed by atoms with E-state index < -0.39 is 14.6 Å². The van der Waals surface area contributed by atoms with Crippen molar-refractivity contribution in [2.24, 2.45) is 0 Å². The predicted octanol–water partition coefficient (Wildman–Crippen LogP) is 1.48. The quantitative estimate of drug-likeness (QED) is 0.870. The Morgan fingerprint density at radius 3 is 2.84 bits per heavy atom. The average Bonchev–Trinajstić information content (AvgIpc) is 2.71. The van der Waals surface area contributed by atoms with Gasteiger partial charge in [-0.1, -0.05) is 0 Å². The third-order valence-electron chi connectivity index (χ3n) is 3.41. The highest BCUT2D eigenvalue weighted by Crippen LogP contribution is 2.17. The van der Waals surface area contributed by atoms with Crippen LogP contribution in [0.5, 0.6) is 0 Å². The van der Waals surface area contributed by atoms with Gasteiger partial charge in [0.15, 0.2) is 9.84 Å². The molecule has 0 atom stereocenters. The minimum atomic E-state index is -3.07. The highest BCUT2D eigenvalue weighted by atomic mass is 32.2. The number of pyridine rings is 1. The van der Waals surface area contributed by atoms with Gasteiger partial charge in [-0.05, 0) is 31.5 Å². The molecule has 0 fully saturated rings. The van der Waals surface area contributed by atoms with Gasteiger partial charge in [-0.2, -0.15) is 0 Å². The van der Waals surface area contributed by atoms with Gasteiger partial charge in [-0.25, -0.2) is 13.4 Å². The number of sulfone groups is 1. The summed E-state index contributed by atoms with van der Waals surface area (Å²) >= 11 is 0. The monoisotopic (exact) mass is 281 g/mol. The molecule has 0 spiro atoms. The van der Waals surface area contributed by atoms with E-state index in [2.05, 4.69) is 15.3 Å². The van der Waals surface area contributed by atoms with E-state index in [-0.39, 0.29) is 0 Å². The van der Waals surface area contributed by atoms with Gasteiger partial charge in [-0.3, -0.25) is 0 Å². The zero-order chi connectivity index (χ0) is 14.1. The van der Waals surface area contributed by atoms with Gasteiger partial charge in [-0.15, -0.1) is 0 Å². The van der Waals surface area contributed by atoms with Crippen LogP contribution in [0.2, 0.25) is 0 Å². The van der Waals surface area contributed by atoms with Gasteiger partial charge in [0.1, 0.15) is 5.65 Å². The third kappa shape index (κ3) is 2.96. The summed E-state index contributed by atoms with van der Waals surface area (Å²) in [5, 5.41) is 4.26. The Morgan fingerprint density at radius 2 is 2.16 bits per heavy atom. The number of nitrogens with zero attached hydrogens (tertiary/aromatic N) is 1. The van der Waals surface area contributed by atoms with Crippen LogP contribution in [0, 0.1) is 0 Å². The normalized spacial score (nSPS) is 13.0. The minimum absolute atomic E-state index is 0.415. The van der Waals surface area contributed by atoms with Crippen LogP contribution in [-0.2, 0) is 16.4 Å². The first-order valence-electron chi connectivity index (χ1n) is 6.12. The molecule has 0 amide bonds. The minimum Gasteiger partial charge on any atom is -0.346 e. The van der Waals surface area contributed by atoms with Crippen LogP contribution < -0.4 is 5.32 Å². The van der Waals surface area contributed by atoms with Gasteiger partial charge in [0.05, 0.1) is 4.75 Å². The zero-order valence-corrected chi connectivity index (χ0v) is 12.2. The lowest BCUT2D eigenvalue weighted by molar-refractivity contribution is 0.522. The lowest BCUT2D eigenvalue weighted by atomic mass is 10.2. The third-order valence-corrected chi connectivity index (χ3v) is 5.56. The average molecular weight is 281 g/mol. The number of hydrogen-bond acceptors (Lipinski definition) is 4. The summed E-state index contributed by atoms with van der Waals surface area (Å²) in [6, 6.07) is 3.89. The van der Waals surface area contributed by atoms with E-state index in [1.54, 1.807) is 20.0 Å². The Labute approximate surface area is 113 Å². The molecule has 0 radical (unpaired) electrons. The number of aromatic amines is 1. The number of rotatable bonds is 5. The molecule has 104 valence electrons. The standard InChI is InChI=1S/C13H19N3O2S/c1-13(2,19(3,17)18)9-14-7-10-8-16-12-11(10)5-4-6-15-12/h4-6,8,14H,7,9H2,1-3H3,(H,15,16). The van der Waals surface area contributed by atoms with Gasteiger partial charge in [0.25, 0.3) is 0 Å². The summed E-state index contributed by atoms with van der Waals surface area (Å²) in [5.74, 6) is 0. The molecule has 0 unspecified atom stereocenters. The van der Waals surface area contributed by atoms with Crippen molar-refractivity contribution in [1.82, 2.24) is 15.3 Å². The van der Waals surface area contributed by atoms with Crippen molar-refractivity contribution in [3.63, 3.8) is 0 Å². The van der Waals surface area contributed by atoms with Crippen molar-refractivity contribution in [2.75, 3.05) is 12.8 Å². The highest BCUT2D eigenvalue weighted by molar-refractivity contribution is 7.92. The Balaban J connectivity index is 2.04. The maximum atomic E-state index is 11.6. The molecule has 5 nitrogen and oxygen atoms in total. The van der Waals surface area contributed by atoms with Crippen LogP contribution in [0.4, 0.5) is 0 Å².